The Kier molecular flexibility index (Phi) is 3.91. The van der Waals surface area contributed by atoms with Crippen LogP contribution in [-0.2, 0) is 0 Å². The molecule has 1 aliphatic carbocycles. The van der Waals surface area contributed by atoms with Crippen LogP contribution in [0.1, 0.15) is 44.2 Å². The van der Waals surface area contributed by atoms with Crippen molar-refractivity contribution in [1.29, 1.82) is 0 Å². The summed E-state index contributed by atoms with van der Waals surface area (Å²) in [6, 6.07) is 5.01. The normalized spacial score (nSPS) is 27.6. The summed E-state index contributed by atoms with van der Waals surface area (Å²) in [4.78, 5) is 4.02. The lowest BCUT2D eigenvalue weighted by molar-refractivity contribution is 0.114. The zero-order valence-electron chi connectivity index (χ0n) is 9.76. The first-order valence-corrected chi connectivity index (χ1v) is 6.09. The van der Waals surface area contributed by atoms with Gasteiger partial charge in [0, 0.05) is 24.5 Å². The Balaban J connectivity index is 1.86. The smallest absolute Gasteiger partial charge is 0.0541 e. The molecule has 1 aromatic rings. The molecule has 0 aromatic carbocycles. The second kappa shape index (κ2) is 5.41. The lowest BCUT2D eigenvalue weighted by Gasteiger charge is -2.29. The average molecular weight is 220 g/mol. The minimum atomic E-state index is -0.0747. The molecule has 0 radical (unpaired) electrons. The van der Waals surface area contributed by atoms with Gasteiger partial charge in [0.1, 0.15) is 0 Å². The van der Waals surface area contributed by atoms with Gasteiger partial charge in [-0.1, -0.05) is 0 Å². The van der Waals surface area contributed by atoms with Crippen molar-refractivity contribution < 1.29 is 5.11 Å². The van der Waals surface area contributed by atoms with Gasteiger partial charge in [0.05, 0.1) is 6.10 Å². The van der Waals surface area contributed by atoms with E-state index in [-0.39, 0.29) is 6.10 Å². The van der Waals surface area contributed by atoms with E-state index in [2.05, 4.69) is 29.4 Å². The quantitative estimate of drug-likeness (QED) is 0.819. The van der Waals surface area contributed by atoms with Crippen LogP contribution in [0.25, 0.3) is 0 Å². The van der Waals surface area contributed by atoms with E-state index in [1.165, 1.54) is 5.56 Å². The Hall–Kier alpha value is -0.930. The highest BCUT2D eigenvalue weighted by Gasteiger charge is 2.20. The number of nitrogens with zero attached hydrogens (tertiary/aromatic N) is 1. The summed E-state index contributed by atoms with van der Waals surface area (Å²) in [6.07, 6.45) is 7.61. The highest BCUT2D eigenvalue weighted by molar-refractivity contribution is 5.14. The van der Waals surface area contributed by atoms with Crippen molar-refractivity contribution in [3.05, 3.63) is 30.1 Å². The topological polar surface area (TPSA) is 45.1 Å². The molecular formula is C13H20N2O. The number of rotatable bonds is 3. The van der Waals surface area contributed by atoms with Crippen molar-refractivity contribution in [2.75, 3.05) is 0 Å². The molecule has 0 bridgehead atoms. The van der Waals surface area contributed by atoms with E-state index in [9.17, 15) is 5.11 Å². The van der Waals surface area contributed by atoms with Gasteiger partial charge in [0.25, 0.3) is 0 Å². The highest BCUT2D eigenvalue weighted by Crippen LogP contribution is 2.21. The van der Waals surface area contributed by atoms with E-state index in [0.29, 0.717) is 12.1 Å². The molecule has 16 heavy (non-hydrogen) atoms. The van der Waals surface area contributed by atoms with Crippen molar-refractivity contribution in [1.82, 2.24) is 10.3 Å². The molecule has 1 saturated carbocycles. The zero-order chi connectivity index (χ0) is 11.4. The molecule has 88 valence electrons. The van der Waals surface area contributed by atoms with Crippen molar-refractivity contribution >= 4 is 0 Å². The largest absolute Gasteiger partial charge is 0.393 e. The van der Waals surface area contributed by atoms with Gasteiger partial charge >= 0.3 is 0 Å². The third-order valence-electron chi connectivity index (χ3n) is 3.39. The number of hydrogen-bond donors (Lipinski definition) is 2. The number of pyridine rings is 1. The standard InChI is InChI=1S/C13H20N2O/c1-10(11-6-8-14-9-7-11)15-12-2-4-13(16)5-3-12/h6-10,12-13,15-16H,2-5H2,1H3/t10-,12?,13?/m1/s1. The van der Waals surface area contributed by atoms with E-state index in [0.717, 1.165) is 25.7 Å². The third-order valence-corrected chi connectivity index (χ3v) is 3.39. The number of aliphatic hydroxyl groups is 1. The van der Waals surface area contributed by atoms with Crippen LogP contribution in [0.2, 0.25) is 0 Å². The second-order valence-corrected chi connectivity index (χ2v) is 4.67. The van der Waals surface area contributed by atoms with Crippen LogP contribution in [-0.4, -0.2) is 22.2 Å². The molecule has 0 aliphatic heterocycles. The van der Waals surface area contributed by atoms with Crippen LogP contribution in [0, 0.1) is 0 Å². The van der Waals surface area contributed by atoms with E-state index in [1.807, 2.05) is 12.4 Å². The van der Waals surface area contributed by atoms with E-state index in [1.54, 1.807) is 0 Å². The van der Waals surface area contributed by atoms with E-state index < -0.39 is 0 Å². The molecular weight excluding hydrogens is 200 g/mol. The molecule has 0 spiro atoms. The fraction of sp³-hybridized carbons (Fsp3) is 0.615. The third kappa shape index (κ3) is 3.03. The first-order chi connectivity index (χ1) is 7.75. The second-order valence-electron chi connectivity index (χ2n) is 4.67. The van der Waals surface area contributed by atoms with Crippen molar-refractivity contribution in [3.63, 3.8) is 0 Å². The van der Waals surface area contributed by atoms with Crippen molar-refractivity contribution in [3.8, 4) is 0 Å². The number of hydrogen-bond acceptors (Lipinski definition) is 3. The van der Waals surface area contributed by atoms with Gasteiger partial charge in [-0.15, -0.1) is 0 Å². The monoisotopic (exact) mass is 220 g/mol. The SMILES string of the molecule is C[C@@H](NC1CCC(O)CC1)c1ccncc1. The molecule has 2 N–H and O–H groups in total. The van der Waals surface area contributed by atoms with Gasteiger partial charge in [-0.3, -0.25) is 4.98 Å². The number of nitrogens with one attached hydrogen (secondary N) is 1. The van der Waals surface area contributed by atoms with Crippen LogP contribution < -0.4 is 5.32 Å². The van der Waals surface area contributed by atoms with Crippen molar-refractivity contribution in [2.45, 2.75) is 50.8 Å². The lowest BCUT2D eigenvalue weighted by Crippen LogP contribution is -2.36. The predicted molar refractivity (Wildman–Crippen MR) is 64.1 cm³/mol. The Morgan fingerprint density at radius 3 is 2.50 bits per heavy atom. The maximum Gasteiger partial charge on any atom is 0.0541 e. The molecule has 3 heteroatoms. The molecule has 2 rings (SSSR count). The van der Waals surface area contributed by atoms with Crippen LogP contribution in [0.5, 0.6) is 0 Å². The number of aliphatic hydroxyl groups excluding tert-OH is 1. The summed E-state index contributed by atoms with van der Waals surface area (Å²) in [6.45, 7) is 2.18. The summed E-state index contributed by atoms with van der Waals surface area (Å²) >= 11 is 0. The van der Waals surface area contributed by atoms with Gasteiger partial charge in [-0.05, 0) is 50.3 Å². The van der Waals surface area contributed by atoms with Gasteiger partial charge in [-0.2, -0.15) is 0 Å². The Bertz CT molecular complexity index is 307. The van der Waals surface area contributed by atoms with Gasteiger partial charge in [0.15, 0.2) is 0 Å². The summed E-state index contributed by atoms with van der Waals surface area (Å²) in [5.41, 5.74) is 1.28. The minimum absolute atomic E-state index is 0.0747. The number of aromatic nitrogens is 1. The van der Waals surface area contributed by atoms with Crippen LogP contribution >= 0.6 is 0 Å². The van der Waals surface area contributed by atoms with Crippen LogP contribution in [0.4, 0.5) is 0 Å². The summed E-state index contributed by atoms with van der Waals surface area (Å²) < 4.78 is 0. The Labute approximate surface area is 96.9 Å². The van der Waals surface area contributed by atoms with Gasteiger partial charge < -0.3 is 10.4 Å². The molecule has 0 amide bonds. The molecule has 1 aliphatic rings. The highest BCUT2D eigenvalue weighted by atomic mass is 16.3. The molecule has 1 fully saturated rings. The first kappa shape index (κ1) is 11.6. The lowest BCUT2D eigenvalue weighted by atomic mass is 9.92. The predicted octanol–water partition coefficient (Wildman–Crippen LogP) is 2.04. The summed E-state index contributed by atoms with van der Waals surface area (Å²) in [5, 5.41) is 13.1. The molecule has 1 heterocycles. The minimum Gasteiger partial charge on any atom is -0.393 e. The molecule has 3 nitrogen and oxygen atoms in total. The van der Waals surface area contributed by atoms with Crippen LogP contribution in [0.15, 0.2) is 24.5 Å². The van der Waals surface area contributed by atoms with E-state index >= 15 is 0 Å². The maximum absolute atomic E-state index is 9.44. The zero-order valence-corrected chi connectivity index (χ0v) is 9.76. The molecule has 1 aromatic heterocycles. The average Bonchev–Trinajstić information content (AvgIpc) is 2.33. The van der Waals surface area contributed by atoms with Gasteiger partial charge in [0.2, 0.25) is 0 Å². The van der Waals surface area contributed by atoms with Crippen LogP contribution in [0.3, 0.4) is 0 Å². The first-order valence-electron chi connectivity index (χ1n) is 6.09. The van der Waals surface area contributed by atoms with Gasteiger partial charge in [-0.25, -0.2) is 0 Å². The summed E-state index contributed by atoms with van der Waals surface area (Å²) in [7, 11) is 0. The molecule has 0 unspecified atom stereocenters. The fourth-order valence-corrected chi connectivity index (χ4v) is 2.34. The molecule has 1 atom stereocenters. The fourth-order valence-electron chi connectivity index (χ4n) is 2.34. The van der Waals surface area contributed by atoms with E-state index in [4.69, 9.17) is 0 Å². The Morgan fingerprint density at radius 1 is 1.25 bits per heavy atom. The van der Waals surface area contributed by atoms with Crippen molar-refractivity contribution in [2.24, 2.45) is 0 Å². The Morgan fingerprint density at radius 2 is 1.88 bits per heavy atom. The maximum atomic E-state index is 9.44. The summed E-state index contributed by atoms with van der Waals surface area (Å²) in [5.74, 6) is 0. The molecule has 0 saturated heterocycles.